The van der Waals surface area contributed by atoms with Crippen LogP contribution in [0.25, 0.3) is 0 Å². The summed E-state index contributed by atoms with van der Waals surface area (Å²) in [7, 11) is 0. The van der Waals surface area contributed by atoms with Gasteiger partial charge in [-0.15, -0.1) is 0 Å². The fourth-order valence-corrected chi connectivity index (χ4v) is 1.85. The van der Waals surface area contributed by atoms with Crippen molar-refractivity contribution in [1.29, 1.82) is 0 Å². The number of aliphatic carboxylic acids is 1. The number of carbonyl (C=O) groups is 2. The van der Waals surface area contributed by atoms with E-state index in [0.717, 1.165) is 18.4 Å². The summed E-state index contributed by atoms with van der Waals surface area (Å²) >= 11 is 0. The largest absolute Gasteiger partial charge is 0.480 e. The maximum atomic E-state index is 11.6. The molecule has 1 saturated carbocycles. The van der Waals surface area contributed by atoms with Gasteiger partial charge in [0.25, 0.3) is 0 Å². The predicted octanol–water partition coefficient (Wildman–Crippen LogP) is 1.60. The molecule has 0 radical (unpaired) electrons. The molecule has 1 unspecified atom stereocenters. The summed E-state index contributed by atoms with van der Waals surface area (Å²) in [6.07, 6.45) is 2.86. The summed E-state index contributed by atoms with van der Waals surface area (Å²) in [6.45, 7) is 0. The third kappa shape index (κ3) is 3.58. The number of amides is 1. The Morgan fingerprint density at radius 1 is 1.28 bits per heavy atom. The second-order valence-corrected chi connectivity index (χ2v) is 4.70. The molecule has 0 heterocycles. The standard InChI is InChI=1S/C14H17NO3/c16-13(11-7-8-11)15-12(14(17)18)9-6-10-4-2-1-3-5-10/h1-5,11-12H,6-9H2,(H,15,16)(H,17,18). The molecular weight excluding hydrogens is 230 g/mol. The highest BCUT2D eigenvalue weighted by molar-refractivity contribution is 5.86. The van der Waals surface area contributed by atoms with Crippen molar-refractivity contribution in [2.75, 3.05) is 0 Å². The van der Waals surface area contributed by atoms with Crippen molar-refractivity contribution in [3.8, 4) is 0 Å². The van der Waals surface area contributed by atoms with Gasteiger partial charge in [-0.2, -0.15) is 0 Å². The van der Waals surface area contributed by atoms with Gasteiger partial charge >= 0.3 is 5.97 Å². The first-order valence-electron chi connectivity index (χ1n) is 6.24. The van der Waals surface area contributed by atoms with Gasteiger partial charge in [-0.3, -0.25) is 4.79 Å². The minimum Gasteiger partial charge on any atom is -0.480 e. The molecule has 0 saturated heterocycles. The van der Waals surface area contributed by atoms with Crippen LogP contribution in [0.5, 0.6) is 0 Å². The molecule has 1 fully saturated rings. The van der Waals surface area contributed by atoms with E-state index in [-0.39, 0.29) is 11.8 Å². The molecule has 0 aromatic heterocycles. The van der Waals surface area contributed by atoms with E-state index in [4.69, 9.17) is 5.11 Å². The van der Waals surface area contributed by atoms with Crippen molar-refractivity contribution >= 4 is 11.9 Å². The van der Waals surface area contributed by atoms with Crippen molar-refractivity contribution in [3.05, 3.63) is 35.9 Å². The van der Waals surface area contributed by atoms with Gasteiger partial charge in [-0.1, -0.05) is 30.3 Å². The molecule has 1 aliphatic rings. The van der Waals surface area contributed by atoms with Crippen LogP contribution in [0, 0.1) is 5.92 Å². The van der Waals surface area contributed by atoms with Crippen molar-refractivity contribution in [2.45, 2.75) is 31.7 Å². The molecule has 4 nitrogen and oxygen atoms in total. The number of aryl methyl sites for hydroxylation is 1. The smallest absolute Gasteiger partial charge is 0.326 e. The van der Waals surface area contributed by atoms with E-state index in [2.05, 4.69) is 5.32 Å². The Morgan fingerprint density at radius 3 is 2.50 bits per heavy atom. The number of benzene rings is 1. The van der Waals surface area contributed by atoms with Gasteiger partial charge in [0.05, 0.1) is 0 Å². The molecular formula is C14H17NO3. The lowest BCUT2D eigenvalue weighted by atomic mass is 10.1. The lowest BCUT2D eigenvalue weighted by molar-refractivity contribution is -0.142. The minimum absolute atomic E-state index is 0.0450. The molecule has 1 amide bonds. The maximum absolute atomic E-state index is 11.6. The number of rotatable bonds is 6. The monoisotopic (exact) mass is 247 g/mol. The second-order valence-electron chi connectivity index (χ2n) is 4.70. The molecule has 2 rings (SSSR count). The molecule has 1 aliphatic carbocycles. The quantitative estimate of drug-likeness (QED) is 0.802. The van der Waals surface area contributed by atoms with Crippen molar-refractivity contribution < 1.29 is 14.7 Å². The zero-order chi connectivity index (χ0) is 13.0. The highest BCUT2D eigenvalue weighted by Gasteiger charge is 2.32. The van der Waals surface area contributed by atoms with Crippen LogP contribution in [0.1, 0.15) is 24.8 Å². The SMILES string of the molecule is O=C(NC(CCc1ccccc1)C(=O)O)C1CC1. The van der Waals surface area contributed by atoms with Gasteiger partial charge in [0.2, 0.25) is 5.91 Å². The molecule has 18 heavy (non-hydrogen) atoms. The van der Waals surface area contributed by atoms with Crippen molar-refractivity contribution in [1.82, 2.24) is 5.32 Å². The minimum atomic E-state index is -0.958. The van der Waals surface area contributed by atoms with Crippen LogP contribution >= 0.6 is 0 Å². The Labute approximate surface area is 106 Å². The lowest BCUT2D eigenvalue weighted by Crippen LogP contribution is -2.41. The maximum Gasteiger partial charge on any atom is 0.326 e. The van der Waals surface area contributed by atoms with Gasteiger partial charge in [0.15, 0.2) is 0 Å². The molecule has 1 aromatic carbocycles. The number of hydrogen-bond acceptors (Lipinski definition) is 2. The Morgan fingerprint density at radius 2 is 1.94 bits per heavy atom. The average Bonchev–Trinajstić information content (AvgIpc) is 3.19. The zero-order valence-electron chi connectivity index (χ0n) is 10.1. The summed E-state index contributed by atoms with van der Waals surface area (Å²) in [4.78, 5) is 22.6. The van der Waals surface area contributed by atoms with Crippen molar-refractivity contribution in [3.63, 3.8) is 0 Å². The Balaban J connectivity index is 1.86. The summed E-state index contributed by atoms with van der Waals surface area (Å²) in [5, 5.41) is 11.7. The van der Waals surface area contributed by atoms with Gasteiger partial charge < -0.3 is 10.4 Å². The van der Waals surface area contributed by atoms with E-state index in [9.17, 15) is 9.59 Å². The first kappa shape index (κ1) is 12.6. The summed E-state index contributed by atoms with van der Waals surface area (Å²) in [5.74, 6) is -1.03. The van der Waals surface area contributed by atoms with E-state index in [1.165, 1.54) is 0 Å². The van der Waals surface area contributed by atoms with Crippen LogP contribution in [0.4, 0.5) is 0 Å². The fraction of sp³-hybridized carbons (Fsp3) is 0.429. The van der Waals surface area contributed by atoms with Crippen LogP contribution in [0.3, 0.4) is 0 Å². The molecule has 0 bridgehead atoms. The molecule has 1 atom stereocenters. The highest BCUT2D eigenvalue weighted by Crippen LogP contribution is 2.29. The van der Waals surface area contributed by atoms with E-state index in [1.54, 1.807) is 0 Å². The number of carboxylic acid groups (broad SMARTS) is 1. The molecule has 4 heteroatoms. The van der Waals surface area contributed by atoms with E-state index < -0.39 is 12.0 Å². The number of carboxylic acids is 1. The molecule has 1 aromatic rings. The Kier molecular flexibility index (Phi) is 3.97. The number of hydrogen-bond donors (Lipinski definition) is 2. The van der Waals surface area contributed by atoms with E-state index in [0.29, 0.717) is 12.8 Å². The summed E-state index contributed by atoms with van der Waals surface area (Å²) in [5.41, 5.74) is 1.09. The van der Waals surface area contributed by atoms with E-state index >= 15 is 0 Å². The summed E-state index contributed by atoms with van der Waals surface area (Å²) in [6, 6.07) is 8.91. The van der Waals surface area contributed by atoms with Crippen LogP contribution in [-0.4, -0.2) is 23.0 Å². The van der Waals surface area contributed by atoms with Gasteiger partial charge in [-0.25, -0.2) is 4.79 Å². The van der Waals surface area contributed by atoms with Crippen LogP contribution in [-0.2, 0) is 16.0 Å². The second kappa shape index (κ2) is 5.67. The van der Waals surface area contributed by atoms with Gasteiger partial charge in [0.1, 0.15) is 6.04 Å². The van der Waals surface area contributed by atoms with E-state index in [1.807, 2.05) is 30.3 Å². The number of carbonyl (C=O) groups excluding carboxylic acids is 1. The molecule has 2 N–H and O–H groups in total. The Bertz CT molecular complexity index is 426. The molecule has 96 valence electrons. The van der Waals surface area contributed by atoms with Crippen LogP contribution in [0.2, 0.25) is 0 Å². The van der Waals surface area contributed by atoms with Gasteiger partial charge in [-0.05, 0) is 31.2 Å². The zero-order valence-corrected chi connectivity index (χ0v) is 10.1. The van der Waals surface area contributed by atoms with Gasteiger partial charge in [0, 0.05) is 5.92 Å². The number of nitrogens with one attached hydrogen (secondary N) is 1. The third-order valence-corrected chi connectivity index (χ3v) is 3.13. The van der Waals surface area contributed by atoms with Crippen molar-refractivity contribution in [2.24, 2.45) is 5.92 Å². The highest BCUT2D eigenvalue weighted by atomic mass is 16.4. The fourth-order valence-electron chi connectivity index (χ4n) is 1.85. The lowest BCUT2D eigenvalue weighted by Gasteiger charge is -2.14. The predicted molar refractivity (Wildman–Crippen MR) is 67.1 cm³/mol. The molecule has 0 spiro atoms. The Hall–Kier alpha value is -1.84. The topological polar surface area (TPSA) is 66.4 Å². The first-order chi connectivity index (χ1) is 8.66. The molecule has 0 aliphatic heterocycles. The first-order valence-corrected chi connectivity index (χ1v) is 6.24. The van der Waals surface area contributed by atoms with Crippen LogP contribution in [0.15, 0.2) is 30.3 Å². The van der Waals surface area contributed by atoms with Crippen LogP contribution < -0.4 is 5.32 Å². The third-order valence-electron chi connectivity index (χ3n) is 3.13. The normalized spacial score (nSPS) is 16.0. The summed E-state index contributed by atoms with van der Waals surface area (Å²) < 4.78 is 0. The average molecular weight is 247 g/mol.